The summed E-state index contributed by atoms with van der Waals surface area (Å²) in [7, 11) is 1.70. The van der Waals surface area contributed by atoms with E-state index in [0.717, 1.165) is 22.1 Å². The molecule has 0 aliphatic carbocycles. The number of carbonyl (C=O) groups excluding carboxylic acids is 3. The number of nitrogens with one attached hydrogen (secondary N) is 1. The zero-order valence-electron chi connectivity index (χ0n) is 24.4. The molecule has 44 heavy (non-hydrogen) atoms. The molecule has 4 aromatic rings. The number of phenolic OH excluding ortho intramolecular Hbond substituents is 1. The zero-order chi connectivity index (χ0) is 31.0. The summed E-state index contributed by atoms with van der Waals surface area (Å²) in [6.45, 7) is 2.27. The summed E-state index contributed by atoms with van der Waals surface area (Å²) < 4.78 is 0. The molecular formula is C33H33ClN6O4. The van der Waals surface area contributed by atoms with Crippen molar-refractivity contribution in [2.24, 2.45) is 0 Å². The summed E-state index contributed by atoms with van der Waals surface area (Å²) in [5.74, 6) is -0.369. The van der Waals surface area contributed by atoms with Crippen molar-refractivity contribution in [2.75, 3.05) is 20.1 Å². The van der Waals surface area contributed by atoms with Gasteiger partial charge in [-0.1, -0.05) is 60.1 Å². The Hall–Kier alpha value is -4.67. The Morgan fingerprint density at radius 1 is 1.02 bits per heavy atom. The van der Waals surface area contributed by atoms with Crippen molar-refractivity contribution in [3.8, 4) is 5.75 Å². The molecule has 3 atom stereocenters. The van der Waals surface area contributed by atoms with Crippen molar-refractivity contribution in [3.63, 3.8) is 0 Å². The minimum absolute atomic E-state index is 0.0596. The van der Waals surface area contributed by atoms with Crippen LogP contribution in [-0.4, -0.2) is 80.1 Å². The fraction of sp³-hybridized carbons (Fsp3) is 0.273. The third-order valence-electron chi connectivity index (χ3n) is 8.41. The van der Waals surface area contributed by atoms with Gasteiger partial charge >= 0.3 is 6.03 Å². The van der Waals surface area contributed by atoms with E-state index in [1.54, 1.807) is 63.4 Å². The zero-order valence-corrected chi connectivity index (χ0v) is 25.2. The average molecular weight is 613 g/mol. The number of phenols is 1. The van der Waals surface area contributed by atoms with E-state index in [2.05, 4.69) is 10.3 Å². The van der Waals surface area contributed by atoms with Crippen LogP contribution in [0.15, 0.2) is 85.1 Å². The number of urea groups is 1. The van der Waals surface area contributed by atoms with Gasteiger partial charge in [-0.05, 0) is 48.4 Å². The third-order valence-corrected chi connectivity index (χ3v) is 8.74. The summed E-state index contributed by atoms with van der Waals surface area (Å²) in [4.78, 5) is 49.7. The lowest BCUT2D eigenvalue weighted by atomic mass is 9.95. The smallest absolute Gasteiger partial charge is 0.334 e. The van der Waals surface area contributed by atoms with Gasteiger partial charge in [0.25, 0.3) is 0 Å². The van der Waals surface area contributed by atoms with Crippen LogP contribution in [-0.2, 0) is 22.6 Å². The molecule has 6 rings (SSSR count). The van der Waals surface area contributed by atoms with Crippen LogP contribution in [0, 0.1) is 0 Å². The van der Waals surface area contributed by atoms with Crippen LogP contribution in [0.5, 0.6) is 5.75 Å². The van der Waals surface area contributed by atoms with E-state index in [1.165, 1.54) is 0 Å². The number of aromatic nitrogens is 1. The van der Waals surface area contributed by atoms with Crippen LogP contribution in [0.2, 0.25) is 5.02 Å². The predicted molar refractivity (Wildman–Crippen MR) is 166 cm³/mol. The maximum absolute atomic E-state index is 14.4. The number of likely N-dealkylation sites (N-methyl/N-ethyl adjacent to an activating group) is 1. The molecule has 0 spiro atoms. The van der Waals surface area contributed by atoms with Gasteiger partial charge in [-0.15, -0.1) is 0 Å². The minimum Gasteiger partial charge on any atom is -0.508 e. The van der Waals surface area contributed by atoms with Gasteiger partial charge in [0, 0.05) is 42.2 Å². The molecule has 2 aliphatic rings. The Morgan fingerprint density at radius 2 is 1.77 bits per heavy atom. The van der Waals surface area contributed by atoms with E-state index in [0.29, 0.717) is 17.1 Å². The normalized spacial score (nSPS) is 19.7. The Balaban J connectivity index is 1.38. The van der Waals surface area contributed by atoms with Gasteiger partial charge in [0.15, 0.2) is 0 Å². The van der Waals surface area contributed by atoms with Crippen molar-refractivity contribution in [1.82, 2.24) is 30.1 Å². The van der Waals surface area contributed by atoms with Crippen LogP contribution in [0.1, 0.15) is 29.7 Å². The molecule has 2 N–H and O–H groups in total. The molecule has 0 saturated carbocycles. The first-order chi connectivity index (χ1) is 21.2. The molecule has 3 aromatic carbocycles. The first-order valence-electron chi connectivity index (χ1n) is 14.5. The second kappa shape index (κ2) is 12.1. The molecule has 1 unspecified atom stereocenters. The van der Waals surface area contributed by atoms with Gasteiger partial charge in [-0.25, -0.2) is 14.8 Å². The van der Waals surface area contributed by atoms with Crippen molar-refractivity contribution in [3.05, 3.63) is 107 Å². The number of rotatable bonds is 6. The van der Waals surface area contributed by atoms with Gasteiger partial charge < -0.3 is 20.2 Å². The van der Waals surface area contributed by atoms with Gasteiger partial charge in [-0.3, -0.25) is 14.6 Å². The van der Waals surface area contributed by atoms with Crippen molar-refractivity contribution >= 4 is 40.3 Å². The Labute approximate surface area is 260 Å². The summed E-state index contributed by atoms with van der Waals surface area (Å²) in [6.07, 6.45) is 1.15. The number of halogens is 1. The summed E-state index contributed by atoms with van der Waals surface area (Å²) in [5, 5.41) is 17.3. The van der Waals surface area contributed by atoms with Crippen molar-refractivity contribution in [1.29, 1.82) is 0 Å². The Morgan fingerprint density at radius 3 is 2.52 bits per heavy atom. The van der Waals surface area contributed by atoms with Crippen LogP contribution in [0.25, 0.3) is 10.9 Å². The molecule has 0 bridgehead atoms. The monoisotopic (exact) mass is 612 g/mol. The Bertz CT molecular complexity index is 1700. The molecule has 4 amide bonds. The van der Waals surface area contributed by atoms with Crippen molar-refractivity contribution in [2.45, 2.75) is 38.1 Å². The van der Waals surface area contributed by atoms with Crippen molar-refractivity contribution < 1.29 is 19.5 Å². The molecule has 3 heterocycles. The number of benzene rings is 3. The molecule has 226 valence electrons. The first-order valence-corrected chi connectivity index (χ1v) is 14.9. The molecule has 2 fully saturated rings. The number of carbonyl (C=O) groups is 3. The summed E-state index contributed by atoms with van der Waals surface area (Å²) in [5.41, 5.74) is 3.22. The van der Waals surface area contributed by atoms with Gasteiger partial charge in [-0.2, -0.15) is 0 Å². The summed E-state index contributed by atoms with van der Waals surface area (Å²) >= 11 is 6.48. The fourth-order valence-corrected chi connectivity index (χ4v) is 6.40. The van der Waals surface area contributed by atoms with Crippen LogP contribution in [0.4, 0.5) is 4.79 Å². The number of nitrogens with zero attached hydrogens (tertiary/aromatic N) is 5. The average Bonchev–Trinajstić information content (AvgIpc) is 3.02. The highest BCUT2D eigenvalue weighted by Gasteiger charge is 2.51. The fourth-order valence-electron chi connectivity index (χ4n) is 6.19. The number of fused-ring (bicyclic) bond motifs is 2. The maximum Gasteiger partial charge on any atom is 0.334 e. The van der Waals surface area contributed by atoms with Gasteiger partial charge in [0.2, 0.25) is 11.8 Å². The van der Waals surface area contributed by atoms with E-state index < -0.39 is 18.2 Å². The van der Waals surface area contributed by atoms with Crippen LogP contribution >= 0.6 is 11.6 Å². The quantitative estimate of drug-likeness (QED) is 0.335. The number of amides is 4. The largest absolute Gasteiger partial charge is 0.508 e. The number of hydrogen-bond acceptors (Lipinski definition) is 6. The van der Waals surface area contributed by atoms with E-state index in [-0.39, 0.29) is 43.1 Å². The molecule has 2 aliphatic heterocycles. The second-order valence-electron chi connectivity index (χ2n) is 11.2. The molecule has 2 saturated heterocycles. The topological polar surface area (TPSA) is 109 Å². The molecule has 1 aromatic heterocycles. The highest BCUT2D eigenvalue weighted by atomic mass is 35.5. The molecule has 11 heteroatoms. The van der Waals surface area contributed by atoms with E-state index in [1.807, 2.05) is 55.5 Å². The second-order valence-corrected chi connectivity index (χ2v) is 11.6. The summed E-state index contributed by atoms with van der Waals surface area (Å²) in [6, 6.07) is 21.9. The number of aromatic hydroxyl groups is 1. The van der Waals surface area contributed by atoms with Gasteiger partial charge in [0.1, 0.15) is 18.0 Å². The first kappa shape index (κ1) is 29.4. The lowest BCUT2D eigenvalue weighted by molar-refractivity contribution is -0.189. The highest BCUT2D eigenvalue weighted by molar-refractivity contribution is 6.35. The number of hydrogen-bond donors (Lipinski definition) is 2. The van der Waals surface area contributed by atoms with Crippen LogP contribution < -0.4 is 5.32 Å². The molecular weight excluding hydrogens is 580 g/mol. The van der Waals surface area contributed by atoms with E-state index in [4.69, 9.17) is 11.6 Å². The SMILES string of the molecule is C[C@H](c1ccc(Cl)c2cccnc12)N1CC2N(C(=O)CN(C)N2C(=O)NCc2ccccc2)[C@@H](Cc2ccc(O)cc2)C1=O. The van der Waals surface area contributed by atoms with E-state index in [9.17, 15) is 19.5 Å². The molecule has 10 nitrogen and oxygen atoms in total. The Kier molecular flexibility index (Phi) is 8.11. The van der Waals surface area contributed by atoms with E-state index >= 15 is 0 Å². The van der Waals surface area contributed by atoms with Gasteiger partial charge in [0.05, 0.1) is 24.6 Å². The lowest BCUT2D eigenvalue weighted by Gasteiger charge is -2.55. The third kappa shape index (κ3) is 5.54. The number of pyridine rings is 1. The lowest BCUT2D eigenvalue weighted by Crippen LogP contribution is -2.76. The predicted octanol–water partition coefficient (Wildman–Crippen LogP) is 4.34. The van der Waals surface area contributed by atoms with Crippen LogP contribution in [0.3, 0.4) is 0 Å². The number of piperazine rings is 1. The minimum atomic E-state index is -0.877. The highest BCUT2D eigenvalue weighted by Crippen LogP contribution is 2.36. The molecule has 0 radical (unpaired) electrons. The number of hydrazine groups is 1. The standard InChI is InChI=1S/C33H33ClN6O4/c1-21(25-14-15-27(34)26-9-6-16-35-31(25)26)38-19-29-39(28(32(38)43)17-22-10-12-24(41)13-11-22)30(42)20-37(2)40(29)33(44)36-18-23-7-4-3-5-8-23/h3-16,21,28-29,41H,17-20H2,1-2H3,(H,36,44)/t21-,28+,29?/m1/s1. The maximum atomic E-state index is 14.4.